The van der Waals surface area contributed by atoms with Gasteiger partial charge in [-0.2, -0.15) is 5.10 Å². The van der Waals surface area contributed by atoms with E-state index >= 15 is 0 Å². The Balaban J connectivity index is 2.12. The molecule has 2 aromatic rings. The van der Waals surface area contributed by atoms with Gasteiger partial charge in [0, 0.05) is 17.7 Å². The number of hydrogen-bond donors (Lipinski definition) is 1. The first-order valence-corrected chi connectivity index (χ1v) is 6.61. The molecule has 1 aromatic carbocycles. The Morgan fingerprint density at radius 2 is 2.19 bits per heavy atom. The molecule has 0 fully saturated rings. The molecule has 110 valence electrons. The van der Waals surface area contributed by atoms with Crippen LogP contribution in [0.4, 0.5) is 4.39 Å². The zero-order chi connectivity index (χ0) is 15.2. The van der Waals surface area contributed by atoms with Crippen LogP contribution in [-0.4, -0.2) is 21.3 Å². The lowest BCUT2D eigenvalue weighted by molar-refractivity contribution is 0.281. The molecule has 2 N–H and O–H groups in total. The van der Waals surface area contributed by atoms with E-state index in [4.69, 9.17) is 10.5 Å². The maximum Gasteiger partial charge on any atom is 0.165 e. The molecule has 1 heterocycles. The van der Waals surface area contributed by atoms with Crippen LogP contribution in [0.1, 0.15) is 31.3 Å². The van der Waals surface area contributed by atoms with Gasteiger partial charge in [-0.05, 0) is 26.0 Å². The van der Waals surface area contributed by atoms with Crippen molar-refractivity contribution < 1.29 is 9.13 Å². The number of nitrogens with two attached hydrogens (primary N) is 1. The van der Waals surface area contributed by atoms with Crippen molar-refractivity contribution in [3.05, 3.63) is 41.7 Å². The number of benzene rings is 1. The average molecular weight is 288 g/mol. The molecule has 0 aliphatic rings. The van der Waals surface area contributed by atoms with E-state index in [1.54, 1.807) is 10.7 Å². The third-order valence-electron chi connectivity index (χ3n) is 2.71. The van der Waals surface area contributed by atoms with Crippen molar-refractivity contribution in [3.8, 4) is 17.6 Å². The summed E-state index contributed by atoms with van der Waals surface area (Å²) in [6, 6.07) is 4.50. The van der Waals surface area contributed by atoms with E-state index in [1.165, 1.54) is 18.5 Å². The van der Waals surface area contributed by atoms with Gasteiger partial charge in [-0.1, -0.05) is 11.8 Å². The highest BCUT2D eigenvalue weighted by Gasteiger charge is 2.09. The Morgan fingerprint density at radius 1 is 1.38 bits per heavy atom. The second kappa shape index (κ2) is 6.86. The Labute approximate surface area is 122 Å². The van der Waals surface area contributed by atoms with Crippen molar-refractivity contribution in [2.45, 2.75) is 26.5 Å². The highest BCUT2D eigenvalue weighted by Crippen LogP contribution is 2.17. The van der Waals surface area contributed by atoms with Crippen LogP contribution >= 0.6 is 0 Å². The van der Waals surface area contributed by atoms with Gasteiger partial charge in [0.2, 0.25) is 0 Å². The van der Waals surface area contributed by atoms with Gasteiger partial charge in [-0.15, -0.1) is 0 Å². The normalized spacial score (nSPS) is 10.3. The first kappa shape index (κ1) is 15.0. The zero-order valence-electron chi connectivity index (χ0n) is 12.0. The van der Waals surface area contributed by atoms with Crippen LogP contribution in [0.5, 0.6) is 5.75 Å². The standard InChI is InChI=1S/C15H17FN4O/c1-11(2)20-15(18-10-19-20)9-21-14-7-12(4-3-5-17)6-13(16)8-14/h6-8,10-11H,5,9,17H2,1-2H3. The van der Waals surface area contributed by atoms with Crippen molar-refractivity contribution in [1.29, 1.82) is 0 Å². The van der Waals surface area contributed by atoms with Crippen molar-refractivity contribution in [2.24, 2.45) is 5.73 Å². The third-order valence-corrected chi connectivity index (χ3v) is 2.71. The van der Waals surface area contributed by atoms with Gasteiger partial charge in [0.15, 0.2) is 5.82 Å². The molecule has 6 heteroatoms. The van der Waals surface area contributed by atoms with Gasteiger partial charge in [-0.25, -0.2) is 14.1 Å². The largest absolute Gasteiger partial charge is 0.485 e. The predicted molar refractivity (Wildman–Crippen MR) is 77.1 cm³/mol. The second-order valence-corrected chi connectivity index (χ2v) is 4.68. The number of ether oxygens (including phenoxy) is 1. The van der Waals surface area contributed by atoms with Crippen molar-refractivity contribution in [3.63, 3.8) is 0 Å². The lowest BCUT2D eigenvalue weighted by atomic mass is 10.2. The van der Waals surface area contributed by atoms with Crippen LogP contribution in [0.15, 0.2) is 24.5 Å². The van der Waals surface area contributed by atoms with Crippen LogP contribution in [0.3, 0.4) is 0 Å². The minimum absolute atomic E-state index is 0.185. The van der Waals surface area contributed by atoms with Gasteiger partial charge >= 0.3 is 0 Å². The lowest BCUT2D eigenvalue weighted by Crippen LogP contribution is -2.10. The van der Waals surface area contributed by atoms with Gasteiger partial charge in [0.1, 0.15) is 24.5 Å². The predicted octanol–water partition coefficient (Wildman–Crippen LogP) is 1.89. The molecule has 0 atom stereocenters. The molecule has 0 radical (unpaired) electrons. The zero-order valence-corrected chi connectivity index (χ0v) is 12.0. The number of hydrogen-bond acceptors (Lipinski definition) is 4. The fourth-order valence-electron chi connectivity index (χ4n) is 1.83. The molecule has 1 aromatic heterocycles. The maximum atomic E-state index is 13.5. The van der Waals surface area contributed by atoms with Crippen molar-refractivity contribution in [2.75, 3.05) is 6.54 Å². The summed E-state index contributed by atoms with van der Waals surface area (Å²) in [6.45, 7) is 4.44. The summed E-state index contributed by atoms with van der Waals surface area (Å²) in [5.41, 5.74) is 5.83. The topological polar surface area (TPSA) is 66.0 Å². The molecular formula is C15H17FN4O. The Morgan fingerprint density at radius 3 is 2.90 bits per heavy atom. The number of nitrogens with zero attached hydrogens (tertiary/aromatic N) is 3. The molecule has 0 saturated heterocycles. The lowest BCUT2D eigenvalue weighted by Gasteiger charge is -2.10. The van der Waals surface area contributed by atoms with Gasteiger partial charge in [0.05, 0.1) is 6.54 Å². The minimum Gasteiger partial charge on any atom is -0.485 e. The van der Waals surface area contributed by atoms with Gasteiger partial charge in [-0.3, -0.25) is 0 Å². The molecule has 0 saturated carbocycles. The number of rotatable bonds is 4. The molecule has 21 heavy (non-hydrogen) atoms. The molecule has 0 aliphatic heterocycles. The second-order valence-electron chi connectivity index (χ2n) is 4.68. The van der Waals surface area contributed by atoms with Crippen LogP contribution < -0.4 is 10.5 Å². The van der Waals surface area contributed by atoms with E-state index in [0.29, 0.717) is 17.1 Å². The summed E-state index contributed by atoms with van der Waals surface area (Å²) in [7, 11) is 0. The van der Waals surface area contributed by atoms with E-state index in [0.717, 1.165) is 0 Å². The highest BCUT2D eigenvalue weighted by molar-refractivity contribution is 5.40. The van der Waals surface area contributed by atoms with Crippen molar-refractivity contribution in [1.82, 2.24) is 14.8 Å². The Kier molecular flexibility index (Phi) is 4.90. The quantitative estimate of drug-likeness (QED) is 0.872. The van der Waals surface area contributed by atoms with Crippen LogP contribution in [-0.2, 0) is 6.61 Å². The molecule has 0 unspecified atom stereocenters. The fourth-order valence-corrected chi connectivity index (χ4v) is 1.83. The molecule has 5 nitrogen and oxygen atoms in total. The highest BCUT2D eigenvalue weighted by atomic mass is 19.1. The molecule has 0 amide bonds. The molecule has 2 rings (SSSR count). The Hall–Kier alpha value is -2.39. The summed E-state index contributed by atoms with van der Waals surface area (Å²) in [4.78, 5) is 4.14. The molecule has 0 bridgehead atoms. The average Bonchev–Trinajstić information content (AvgIpc) is 2.91. The van der Waals surface area contributed by atoms with Crippen LogP contribution in [0.25, 0.3) is 0 Å². The number of halogens is 1. The Bertz CT molecular complexity index is 670. The third kappa shape index (κ3) is 4.04. The summed E-state index contributed by atoms with van der Waals surface area (Å²) in [6.07, 6.45) is 1.47. The van der Waals surface area contributed by atoms with E-state index in [-0.39, 0.29) is 19.2 Å². The van der Waals surface area contributed by atoms with Gasteiger partial charge < -0.3 is 10.5 Å². The maximum absolute atomic E-state index is 13.5. The van der Waals surface area contributed by atoms with Crippen molar-refractivity contribution >= 4 is 0 Å². The minimum atomic E-state index is -0.404. The van der Waals surface area contributed by atoms with E-state index < -0.39 is 5.82 Å². The first-order chi connectivity index (χ1) is 10.1. The summed E-state index contributed by atoms with van der Waals surface area (Å²) < 4.78 is 20.9. The fraction of sp³-hybridized carbons (Fsp3) is 0.333. The monoisotopic (exact) mass is 288 g/mol. The summed E-state index contributed by atoms with van der Waals surface area (Å²) in [5.74, 6) is 6.14. The van der Waals surface area contributed by atoms with E-state index in [9.17, 15) is 4.39 Å². The summed E-state index contributed by atoms with van der Waals surface area (Å²) >= 11 is 0. The molecule has 0 aliphatic carbocycles. The van der Waals surface area contributed by atoms with Crippen LogP contribution in [0, 0.1) is 17.7 Å². The first-order valence-electron chi connectivity index (χ1n) is 6.61. The molecular weight excluding hydrogens is 271 g/mol. The van der Waals surface area contributed by atoms with Gasteiger partial charge in [0.25, 0.3) is 0 Å². The number of aromatic nitrogens is 3. The smallest absolute Gasteiger partial charge is 0.165 e. The van der Waals surface area contributed by atoms with Crippen LogP contribution in [0.2, 0.25) is 0 Å². The SMILES string of the molecule is CC(C)n1ncnc1COc1cc(F)cc(C#CCN)c1. The molecule has 0 spiro atoms. The summed E-state index contributed by atoms with van der Waals surface area (Å²) in [5, 5.41) is 4.12. The van der Waals surface area contributed by atoms with E-state index in [2.05, 4.69) is 21.9 Å². The van der Waals surface area contributed by atoms with E-state index in [1.807, 2.05) is 13.8 Å².